The summed E-state index contributed by atoms with van der Waals surface area (Å²) >= 11 is 32.6. The molecule has 5 N–H and O–H groups in total. The molecule has 0 fully saturated rings. The van der Waals surface area contributed by atoms with Crippen molar-refractivity contribution < 1.29 is 93.0 Å². The summed E-state index contributed by atoms with van der Waals surface area (Å²) in [7, 11) is 1.00. The third-order valence-corrected chi connectivity index (χ3v) is 7.32. The molecule has 22 heteroatoms. The Morgan fingerprint density at radius 1 is 0.519 bits per heavy atom. The summed E-state index contributed by atoms with van der Waals surface area (Å²) in [5, 5.41) is 27.7. The smallest absolute Gasteiger partial charge is 1.00 e. The van der Waals surface area contributed by atoms with E-state index in [1.807, 2.05) is 0 Å². The number of nitrogens with two attached hydrogens (primary N) is 2. The minimum Gasteiger partial charge on any atom is -1.00 e. The Kier molecular flexibility index (Phi) is 33.0. The van der Waals surface area contributed by atoms with Gasteiger partial charge in [-0.15, -0.1) is 0 Å². The van der Waals surface area contributed by atoms with Crippen LogP contribution >= 0.6 is 69.6 Å². The van der Waals surface area contributed by atoms with E-state index in [2.05, 4.69) is 0 Å². The van der Waals surface area contributed by atoms with Gasteiger partial charge in [0.1, 0.15) is 10.0 Å². The Hall–Kier alpha value is -2.58. The summed E-state index contributed by atoms with van der Waals surface area (Å²) in [6.45, 7) is 0. The van der Waals surface area contributed by atoms with Crippen LogP contribution in [0.5, 0.6) is 0 Å². The Morgan fingerprint density at radius 3 is 1.06 bits per heavy atom. The summed E-state index contributed by atoms with van der Waals surface area (Å²) in [6.07, 6.45) is 0. The Labute approximate surface area is 378 Å². The predicted molar refractivity (Wildman–Crippen MR) is 199 cm³/mol. The molecule has 54 heavy (non-hydrogen) atoms. The van der Waals surface area contributed by atoms with Crippen LogP contribution in [0.2, 0.25) is 30.1 Å². The van der Waals surface area contributed by atoms with Crippen LogP contribution in [0.25, 0.3) is 0 Å². The van der Waals surface area contributed by atoms with Gasteiger partial charge in [-0.3, -0.25) is 20.2 Å². The van der Waals surface area contributed by atoms with Gasteiger partial charge in [0, 0.05) is 19.2 Å². The molecule has 0 aliphatic rings. The van der Waals surface area contributed by atoms with Crippen LogP contribution in [-0.4, -0.2) is 22.1 Å². The molecule has 5 aromatic carbocycles. The Bertz CT molecular complexity index is 1690. The van der Waals surface area contributed by atoms with Gasteiger partial charge in [0.05, 0.1) is 41.3 Å². The molecule has 290 valence electrons. The number of nitrogens with zero attached hydrogens (tertiary/aromatic N) is 2. The number of nitro groups is 2. The molecule has 5 rings (SSSR count). The van der Waals surface area contributed by atoms with Crippen molar-refractivity contribution in [3.63, 3.8) is 0 Å². The molecule has 0 saturated heterocycles. The molecule has 0 aliphatic carbocycles. The van der Waals surface area contributed by atoms with Crippen LogP contribution in [0.3, 0.4) is 0 Å². The molecule has 0 amide bonds. The van der Waals surface area contributed by atoms with Crippen LogP contribution in [0.1, 0.15) is 7.43 Å². The van der Waals surface area contributed by atoms with Crippen molar-refractivity contribution in [2.75, 3.05) is 18.6 Å². The molecular formula is C32H27Cl6F6KN4O5. The van der Waals surface area contributed by atoms with Crippen molar-refractivity contribution in [3.8, 4) is 0 Å². The summed E-state index contributed by atoms with van der Waals surface area (Å²) < 4.78 is 61.2. The summed E-state index contributed by atoms with van der Waals surface area (Å²) in [6, 6.07) is 20.4. The first-order valence-electron chi connectivity index (χ1n) is 13.0. The molecule has 0 unspecified atom stereocenters. The van der Waals surface area contributed by atoms with E-state index in [4.69, 9.17) is 86.2 Å². The van der Waals surface area contributed by atoms with Crippen LogP contribution in [0.15, 0.2) is 91.0 Å². The fraction of sp³-hybridized carbons (Fsp3) is 0.0625. The first kappa shape index (κ1) is 58.1. The number of hydrogen-bond acceptors (Lipinski definition) is 7. The van der Waals surface area contributed by atoms with Crippen LogP contribution in [0.4, 0.5) is 44.7 Å². The molecule has 9 nitrogen and oxygen atoms in total. The van der Waals surface area contributed by atoms with Gasteiger partial charge in [0.25, 0.3) is 11.4 Å². The maximum Gasteiger partial charge on any atom is 1.00 e. The topological polar surface area (TPSA) is 159 Å². The van der Waals surface area contributed by atoms with Crippen molar-refractivity contribution in [2.24, 2.45) is 0 Å². The molecule has 0 atom stereocenters. The van der Waals surface area contributed by atoms with Crippen LogP contribution in [-0.2, 0) is 0 Å². The number of benzene rings is 5. The second kappa shape index (κ2) is 30.6. The predicted octanol–water partition coefficient (Wildman–Crippen LogP) is 6.28. The summed E-state index contributed by atoms with van der Waals surface area (Å²) in [4.78, 5) is 19.3. The summed E-state index contributed by atoms with van der Waals surface area (Å²) in [5.41, 5.74) is 9.76. The van der Waals surface area contributed by atoms with E-state index in [0.29, 0.717) is 0 Å². The molecule has 0 heterocycles. The van der Waals surface area contributed by atoms with E-state index in [-0.39, 0.29) is 116 Å². The van der Waals surface area contributed by atoms with Gasteiger partial charge in [-0.1, -0.05) is 107 Å². The average Bonchev–Trinajstić information content (AvgIpc) is 3.09. The first-order valence-corrected chi connectivity index (χ1v) is 15.3. The van der Waals surface area contributed by atoms with E-state index < -0.39 is 38.9 Å². The van der Waals surface area contributed by atoms with Crippen molar-refractivity contribution in [2.45, 2.75) is 7.43 Å². The molecule has 0 aliphatic heterocycles. The van der Waals surface area contributed by atoms with Crippen molar-refractivity contribution >= 4 is 92.4 Å². The van der Waals surface area contributed by atoms with Crippen LogP contribution < -0.4 is 67.6 Å². The van der Waals surface area contributed by atoms with Gasteiger partial charge in [-0.2, -0.15) is 0 Å². The van der Waals surface area contributed by atoms with Crippen molar-refractivity contribution in [1.82, 2.24) is 0 Å². The first-order chi connectivity index (χ1) is 23.9. The molecule has 5 aromatic rings. The SMILES string of the molecule is C.CO.Fc1cccc(Cl)c1F.Nc1cccc(Cl)c1F.Nc1cccc(F)c1F.O=[N+]([O-])c1cccc(Cl)c1Cl.O=[N+]([O-])c1cccc(Cl)c1Cl.[F-].[K+]. The number of nitrogen functional groups attached to an aromatic ring is 2. The molecule has 0 spiro atoms. The minimum atomic E-state index is -0.987. The third kappa shape index (κ3) is 20.4. The zero-order valence-electron chi connectivity index (χ0n) is 26.8. The Morgan fingerprint density at radius 2 is 0.796 bits per heavy atom. The van der Waals surface area contributed by atoms with E-state index in [1.165, 1.54) is 72.8 Å². The van der Waals surface area contributed by atoms with Crippen LogP contribution in [0, 0.1) is 49.3 Å². The zero-order valence-corrected chi connectivity index (χ0v) is 34.5. The number of aliphatic hydroxyl groups is 1. The van der Waals surface area contributed by atoms with Gasteiger partial charge in [-0.25, -0.2) is 22.0 Å². The monoisotopic (exact) mass is 910 g/mol. The van der Waals surface area contributed by atoms with Crippen molar-refractivity contribution in [1.29, 1.82) is 0 Å². The number of rotatable bonds is 2. The van der Waals surface area contributed by atoms with E-state index in [1.54, 1.807) is 6.07 Å². The van der Waals surface area contributed by atoms with Gasteiger partial charge in [-0.05, 0) is 48.5 Å². The maximum atomic E-state index is 12.5. The molecule has 0 bridgehead atoms. The third-order valence-electron chi connectivity index (χ3n) is 5.12. The standard InChI is InChI=1S/2C6H3Cl2NO2.C6H3ClF2.C6H5ClFN.C6H5F2N.CH4O.CH4.FH.K/c2*7-4-2-1-3-5(6(4)8)9(10)11;7-4-2-1-3-5(8)6(4)9;2*7-4-2-1-3-5(9)6(4)8;1-2;;;/h2*1-3H;1-3H;2*1-3H,9H2;2H,1H3;1H4;1H;/q;;;;;;;;+1/p-1. The molecule has 0 aromatic heterocycles. The van der Waals surface area contributed by atoms with E-state index >= 15 is 0 Å². The van der Waals surface area contributed by atoms with Gasteiger partial charge in [0.2, 0.25) is 0 Å². The second-order valence-electron chi connectivity index (χ2n) is 8.48. The zero-order chi connectivity index (χ0) is 39.4. The number of hydrogen-bond donors (Lipinski definition) is 3. The van der Waals surface area contributed by atoms with Gasteiger partial charge in [0.15, 0.2) is 29.1 Å². The van der Waals surface area contributed by atoms with Gasteiger partial charge < -0.3 is 21.3 Å². The maximum absolute atomic E-state index is 12.5. The van der Waals surface area contributed by atoms with Crippen molar-refractivity contribution in [3.05, 3.63) is 170 Å². The van der Waals surface area contributed by atoms with Gasteiger partial charge >= 0.3 is 51.4 Å². The van der Waals surface area contributed by atoms with E-state index in [9.17, 15) is 42.2 Å². The Balaban J connectivity index is -0.000000283. The quantitative estimate of drug-likeness (QED) is 0.0470. The normalized spacial score (nSPS) is 8.83. The fourth-order valence-corrected chi connectivity index (χ4v) is 3.86. The molecule has 0 radical (unpaired) electrons. The number of halogens is 12. The minimum absolute atomic E-state index is 0. The summed E-state index contributed by atoms with van der Waals surface area (Å²) in [5.74, 6) is -4.33. The number of aliphatic hydroxyl groups excluding tert-OH is 1. The fourth-order valence-electron chi connectivity index (χ4n) is 2.79. The number of nitro benzene ring substituents is 2. The molecule has 0 saturated carbocycles. The number of anilines is 2. The molecular weight excluding hydrogens is 886 g/mol. The second-order valence-corrected chi connectivity index (χ2v) is 10.9. The largest absolute Gasteiger partial charge is 1.00 e. The average molecular weight is 913 g/mol. The van der Waals surface area contributed by atoms with E-state index in [0.717, 1.165) is 19.2 Å².